The summed E-state index contributed by atoms with van der Waals surface area (Å²) in [5, 5.41) is 6.98. The van der Waals surface area contributed by atoms with E-state index in [1.807, 2.05) is 36.4 Å². The van der Waals surface area contributed by atoms with Gasteiger partial charge >= 0.3 is 0 Å². The van der Waals surface area contributed by atoms with Gasteiger partial charge in [0.2, 0.25) is 0 Å². The van der Waals surface area contributed by atoms with E-state index < -0.39 is 10.0 Å². The van der Waals surface area contributed by atoms with Gasteiger partial charge in [-0.25, -0.2) is 8.42 Å². The quantitative estimate of drug-likeness (QED) is 0.642. The average Bonchev–Trinajstić information content (AvgIpc) is 3.00. The van der Waals surface area contributed by atoms with Crippen LogP contribution in [0, 0.1) is 13.8 Å². The first kappa shape index (κ1) is 18.8. The largest absolute Gasteiger partial charge is 0.497 e. The van der Waals surface area contributed by atoms with Crippen LogP contribution in [0.1, 0.15) is 17.0 Å². The van der Waals surface area contributed by atoms with Crippen LogP contribution >= 0.6 is 0 Å². The minimum Gasteiger partial charge on any atom is -0.497 e. The van der Waals surface area contributed by atoms with Gasteiger partial charge in [0.1, 0.15) is 11.4 Å². The highest BCUT2D eigenvalue weighted by Crippen LogP contribution is 2.23. The first-order chi connectivity index (χ1) is 12.9. The SMILES string of the molecule is COc1ccc(CNc2ccc(NS(=O)(=O)c3c(C)noc3C)cc2)cc1. The molecular weight excluding hydrogens is 366 g/mol. The summed E-state index contributed by atoms with van der Waals surface area (Å²) in [6, 6.07) is 14.8. The van der Waals surface area contributed by atoms with Crippen molar-refractivity contribution in [2.45, 2.75) is 25.3 Å². The number of methoxy groups -OCH3 is 1. The zero-order chi connectivity index (χ0) is 19.4. The molecule has 0 aliphatic heterocycles. The van der Waals surface area contributed by atoms with Crippen LogP contribution in [0.2, 0.25) is 0 Å². The Bertz CT molecular complexity index is 991. The molecule has 1 aromatic heterocycles. The third-order valence-corrected chi connectivity index (χ3v) is 5.65. The van der Waals surface area contributed by atoms with Crippen molar-refractivity contribution in [1.82, 2.24) is 5.16 Å². The van der Waals surface area contributed by atoms with Crippen molar-refractivity contribution in [3.63, 3.8) is 0 Å². The molecule has 27 heavy (non-hydrogen) atoms. The van der Waals surface area contributed by atoms with Gasteiger partial charge in [0, 0.05) is 17.9 Å². The van der Waals surface area contributed by atoms with Crippen molar-refractivity contribution in [3.8, 4) is 5.75 Å². The van der Waals surface area contributed by atoms with Crippen LogP contribution in [0.4, 0.5) is 11.4 Å². The fourth-order valence-electron chi connectivity index (χ4n) is 2.67. The number of anilines is 2. The molecule has 1 heterocycles. The van der Waals surface area contributed by atoms with E-state index in [-0.39, 0.29) is 10.7 Å². The molecule has 0 fully saturated rings. The fourth-order valence-corrected chi connectivity index (χ4v) is 4.06. The van der Waals surface area contributed by atoms with Crippen molar-refractivity contribution in [3.05, 3.63) is 65.5 Å². The predicted molar refractivity (Wildman–Crippen MR) is 104 cm³/mol. The molecule has 0 radical (unpaired) electrons. The molecule has 2 aromatic carbocycles. The van der Waals surface area contributed by atoms with Crippen LogP contribution in [-0.2, 0) is 16.6 Å². The third kappa shape index (κ3) is 4.40. The molecule has 3 aromatic rings. The molecule has 2 N–H and O–H groups in total. The number of nitrogens with one attached hydrogen (secondary N) is 2. The molecule has 0 aliphatic rings. The van der Waals surface area contributed by atoms with Crippen LogP contribution in [0.25, 0.3) is 0 Å². The Labute approximate surface area is 158 Å². The molecule has 142 valence electrons. The number of nitrogens with zero attached hydrogens (tertiary/aromatic N) is 1. The number of benzene rings is 2. The van der Waals surface area contributed by atoms with Crippen molar-refractivity contribution in [2.75, 3.05) is 17.1 Å². The number of rotatable bonds is 7. The monoisotopic (exact) mass is 387 g/mol. The van der Waals surface area contributed by atoms with Gasteiger partial charge in [0.15, 0.2) is 10.7 Å². The van der Waals surface area contributed by atoms with Crippen molar-refractivity contribution in [2.24, 2.45) is 0 Å². The number of hydrogen-bond donors (Lipinski definition) is 2. The van der Waals surface area contributed by atoms with Gasteiger partial charge in [-0.2, -0.15) is 0 Å². The Kier molecular flexibility index (Phi) is 5.36. The van der Waals surface area contributed by atoms with E-state index in [1.165, 1.54) is 0 Å². The van der Waals surface area contributed by atoms with E-state index in [0.29, 0.717) is 17.9 Å². The number of aryl methyl sites for hydroxylation is 2. The summed E-state index contributed by atoms with van der Waals surface area (Å²) in [5.41, 5.74) is 2.79. The molecule has 0 saturated heterocycles. The van der Waals surface area contributed by atoms with Gasteiger partial charge in [-0.15, -0.1) is 0 Å². The third-order valence-electron chi connectivity index (χ3n) is 4.03. The average molecular weight is 387 g/mol. The van der Waals surface area contributed by atoms with Crippen LogP contribution in [0.15, 0.2) is 57.9 Å². The molecule has 7 nitrogen and oxygen atoms in total. The second-order valence-electron chi connectivity index (χ2n) is 6.04. The predicted octanol–water partition coefficient (Wildman–Crippen LogP) is 3.71. The highest BCUT2D eigenvalue weighted by Gasteiger charge is 2.24. The summed E-state index contributed by atoms with van der Waals surface area (Å²) < 4.78 is 37.7. The molecule has 0 unspecified atom stereocenters. The molecule has 0 atom stereocenters. The minimum atomic E-state index is -3.74. The maximum absolute atomic E-state index is 12.5. The summed E-state index contributed by atoms with van der Waals surface area (Å²) >= 11 is 0. The maximum atomic E-state index is 12.5. The Morgan fingerprint density at radius 3 is 2.19 bits per heavy atom. The molecule has 0 saturated carbocycles. The summed E-state index contributed by atoms with van der Waals surface area (Å²) in [5.74, 6) is 1.08. The van der Waals surface area contributed by atoms with E-state index >= 15 is 0 Å². The molecule has 3 rings (SSSR count). The summed E-state index contributed by atoms with van der Waals surface area (Å²) in [7, 11) is -2.11. The number of hydrogen-bond acceptors (Lipinski definition) is 6. The first-order valence-corrected chi connectivity index (χ1v) is 9.80. The Hall–Kier alpha value is -3.00. The van der Waals surface area contributed by atoms with E-state index in [0.717, 1.165) is 17.0 Å². The van der Waals surface area contributed by atoms with E-state index in [4.69, 9.17) is 9.26 Å². The Morgan fingerprint density at radius 2 is 1.63 bits per heavy atom. The normalized spacial score (nSPS) is 11.2. The van der Waals surface area contributed by atoms with Crippen LogP contribution in [0.3, 0.4) is 0 Å². The molecule has 0 amide bonds. The topological polar surface area (TPSA) is 93.5 Å². The second-order valence-corrected chi connectivity index (χ2v) is 7.66. The molecule has 0 aliphatic carbocycles. The molecule has 8 heteroatoms. The number of ether oxygens (including phenoxy) is 1. The lowest BCUT2D eigenvalue weighted by molar-refractivity contribution is 0.390. The van der Waals surface area contributed by atoms with E-state index in [9.17, 15) is 8.42 Å². The molecule has 0 bridgehead atoms. The highest BCUT2D eigenvalue weighted by molar-refractivity contribution is 7.92. The minimum absolute atomic E-state index is 0.0733. The Balaban J connectivity index is 1.64. The van der Waals surface area contributed by atoms with E-state index in [2.05, 4.69) is 15.2 Å². The van der Waals surface area contributed by atoms with E-state index in [1.54, 1.807) is 33.1 Å². The molecule has 0 spiro atoms. The Morgan fingerprint density at radius 1 is 1.00 bits per heavy atom. The standard InChI is InChI=1S/C19H21N3O4S/c1-13-19(14(2)26-21-13)27(23,24)22-17-8-6-16(7-9-17)20-12-15-4-10-18(25-3)11-5-15/h4-11,20,22H,12H2,1-3H3. The van der Waals surface area contributed by atoms with Crippen molar-refractivity contribution >= 4 is 21.4 Å². The van der Waals surface area contributed by atoms with Gasteiger partial charge in [0.25, 0.3) is 10.0 Å². The van der Waals surface area contributed by atoms with Gasteiger partial charge < -0.3 is 14.6 Å². The first-order valence-electron chi connectivity index (χ1n) is 8.31. The lowest BCUT2D eigenvalue weighted by Crippen LogP contribution is -2.14. The van der Waals surface area contributed by atoms with Gasteiger partial charge in [-0.1, -0.05) is 17.3 Å². The smallest absolute Gasteiger partial charge is 0.267 e. The lowest BCUT2D eigenvalue weighted by Gasteiger charge is -2.10. The summed E-state index contributed by atoms with van der Waals surface area (Å²) in [4.78, 5) is 0.0733. The highest BCUT2D eigenvalue weighted by atomic mass is 32.2. The van der Waals surface area contributed by atoms with Gasteiger partial charge in [-0.05, 0) is 55.8 Å². The van der Waals surface area contributed by atoms with Gasteiger partial charge in [-0.3, -0.25) is 4.72 Å². The van der Waals surface area contributed by atoms with Crippen LogP contribution in [0.5, 0.6) is 5.75 Å². The second kappa shape index (κ2) is 7.71. The zero-order valence-corrected chi connectivity index (χ0v) is 16.1. The number of aromatic nitrogens is 1. The molecular formula is C19H21N3O4S. The summed E-state index contributed by atoms with van der Waals surface area (Å²) in [6.45, 7) is 3.81. The van der Waals surface area contributed by atoms with Crippen LogP contribution < -0.4 is 14.8 Å². The zero-order valence-electron chi connectivity index (χ0n) is 15.3. The number of sulfonamides is 1. The summed E-state index contributed by atoms with van der Waals surface area (Å²) in [6.07, 6.45) is 0. The fraction of sp³-hybridized carbons (Fsp3) is 0.211. The van der Waals surface area contributed by atoms with Crippen molar-refractivity contribution < 1.29 is 17.7 Å². The van der Waals surface area contributed by atoms with Gasteiger partial charge in [0.05, 0.1) is 7.11 Å². The lowest BCUT2D eigenvalue weighted by atomic mass is 10.2. The van der Waals surface area contributed by atoms with Crippen molar-refractivity contribution in [1.29, 1.82) is 0 Å². The van der Waals surface area contributed by atoms with Crippen LogP contribution in [-0.4, -0.2) is 20.7 Å². The maximum Gasteiger partial charge on any atom is 0.267 e.